The zero-order valence-corrected chi connectivity index (χ0v) is 15.9. The van der Waals surface area contributed by atoms with E-state index in [0.29, 0.717) is 12.5 Å². The van der Waals surface area contributed by atoms with Gasteiger partial charge in [0.25, 0.3) is 0 Å². The number of benzene rings is 2. The summed E-state index contributed by atoms with van der Waals surface area (Å²) >= 11 is 0. The van der Waals surface area contributed by atoms with Crippen molar-refractivity contribution in [1.82, 2.24) is 5.32 Å². The van der Waals surface area contributed by atoms with Gasteiger partial charge in [-0.3, -0.25) is 4.79 Å². The predicted octanol–water partition coefficient (Wildman–Crippen LogP) is 4.45. The lowest BCUT2D eigenvalue weighted by Crippen LogP contribution is -2.58. The summed E-state index contributed by atoms with van der Waals surface area (Å²) in [6, 6.07) is 17.1. The summed E-state index contributed by atoms with van der Waals surface area (Å²) in [5.74, 6) is 0.604. The lowest BCUT2D eigenvalue weighted by molar-refractivity contribution is -0.118. The molecule has 0 aromatic heterocycles. The van der Waals surface area contributed by atoms with E-state index in [1.807, 2.05) is 6.07 Å². The van der Waals surface area contributed by atoms with Gasteiger partial charge in [-0.2, -0.15) is 0 Å². The SMILES string of the molecule is CC(C)c1ccc(/C=C\[C@]23NC(=O)CN2c2ccccc2C3(C)C)cc1. The normalized spacial score (nSPS) is 23.4. The van der Waals surface area contributed by atoms with Crippen LogP contribution in [0, 0.1) is 0 Å². The molecule has 0 spiro atoms. The standard InChI is InChI=1S/C23H26N2O/c1-16(2)18-11-9-17(10-12-18)13-14-23-22(3,4)19-7-5-6-8-20(19)25(23)15-21(26)24-23/h5-14,16H,15H2,1-4H3,(H,24,26)/b14-13-/t23-/m0/s1. The number of rotatable bonds is 3. The summed E-state index contributed by atoms with van der Waals surface area (Å²) in [5.41, 5.74) is 4.17. The number of carbonyl (C=O) groups excluding carboxylic acids is 1. The van der Waals surface area contributed by atoms with Crippen LogP contribution in [0.3, 0.4) is 0 Å². The van der Waals surface area contributed by atoms with Gasteiger partial charge >= 0.3 is 0 Å². The van der Waals surface area contributed by atoms with Crippen LogP contribution in [0.5, 0.6) is 0 Å². The minimum atomic E-state index is -0.523. The number of para-hydroxylation sites is 1. The maximum absolute atomic E-state index is 12.3. The predicted molar refractivity (Wildman–Crippen MR) is 107 cm³/mol. The Bertz CT molecular complexity index is 879. The van der Waals surface area contributed by atoms with Gasteiger partial charge in [-0.1, -0.05) is 76.2 Å². The second-order valence-corrected chi connectivity index (χ2v) is 8.20. The van der Waals surface area contributed by atoms with Crippen molar-refractivity contribution < 1.29 is 4.79 Å². The van der Waals surface area contributed by atoms with Crippen molar-refractivity contribution in [2.45, 2.75) is 44.7 Å². The summed E-state index contributed by atoms with van der Waals surface area (Å²) in [6.07, 6.45) is 4.30. The number of anilines is 1. The van der Waals surface area contributed by atoms with Crippen LogP contribution in [0.1, 0.15) is 50.3 Å². The fourth-order valence-electron chi connectivity index (χ4n) is 4.35. The maximum Gasteiger partial charge on any atom is 0.241 e. The number of fused-ring (bicyclic) bond motifs is 3. The van der Waals surface area contributed by atoms with Gasteiger partial charge in [0.05, 0.1) is 6.54 Å². The molecule has 1 N–H and O–H groups in total. The van der Waals surface area contributed by atoms with Gasteiger partial charge in [0.2, 0.25) is 5.91 Å². The average Bonchev–Trinajstić information content (AvgIpc) is 3.05. The largest absolute Gasteiger partial charge is 0.335 e. The van der Waals surface area contributed by atoms with Crippen molar-refractivity contribution in [3.8, 4) is 0 Å². The monoisotopic (exact) mass is 346 g/mol. The molecule has 1 amide bonds. The Labute approximate surface area is 155 Å². The summed E-state index contributed by atoms with van der Waals surface area (Å²) < 4.78 is 0. The Morgan fingerprint density at radius 1 is 1.08 bits per heavy atom. The van der Waals surface area contributed by atoms with Gasteiger partial charge in [0.15, 0.2) is 0 Å². The zero-order valence-electron chi connectivity index (χ0n) is 15.9. The summed E-state index contributed by atoms with van der Waals surface area (Å²) in [7, 11) is 0. The first-order valence-electron chi connectivity index (χ1n) is 9.32. The van der Waals surface area contributed by atoms with Crippen molar-refractivity contribution in [3.05, 3.63) is 71.3 Å². The first-order valence-corrected chi connectivity index (χ1v) is 9.32. The molecular formula is C23H26N2O. The summed E-state index contributed by atoms with van der Waals surface area (Å²) in [4.78, 5) is 14.5. The lowest BCUT2D eigenvalue weighted by atomic mass is 9.75. The number of amides is 1. The minimum Gasteiger partial charge on any atom is -0.335 e. The van der Waals surface area contributed by atoms with E-state index in [9.17, 15) is 4.79 Å². The van der Waals surface area contributed by atoms with E-state index in [0.717, 1.165) is 11.3 Å². The topological polar surface area (TPSA) is 32.3 Å². The molecule has 2 heterocycles. The fraction of sp³-hybridized carbons (Fsp3) is 0.348. The first-order chi connectivity index (χ1) is 12.3. The van der Waals surface area contributed by atoms with Crippen molar-refractivity contribution in [2.24, 2.45) is 0 Å². The molecule has 0 aliphatic carbocycles. The summed E-state index contributed by atoms with van der Waals surface area (Å²) in [5, 5.41) is 3.27. The molecule has 1 atom stereocenters. The van der Waals surface area contributed by atoms with Crippen LogP contribution in [0.2, 0.25) is 0 Å². The number of nitrogens with one attached hydrogen (secondary N) is 1. The van der Waals surface area contributed by atoms with E-state index < -0.39 is 5.66 Å². The Morgan fingerprint density at radius 2 is 1.77 bits per heavy atom. The molecule has 3 nitrogen and oxygen atoms in total. The van der Waals surface area contributed by atoms with Crippen LogP contribution in [0.15, 0.2) is 54.6 Å². The minimum absolute atomic E-state index is 0.0763. The molecule has 2 aromatic carbocycles. The van der Waals surface area contributed by atoms with Crippen LogP contribution in [0.4, 0.5) is 5.69 Å². The Balaban J connectivity index is 1.75. The molecule has 0 saturated carbocycles. The number of hydrogen-bond acceptors (Lipinski definition) is 2. The molecular weight excluding hydrogens is 320 g/mol. The molecule has 1 saturated heterocycles. The number of hydrogen-bond donors (Lipinski definition) is 1. The van der Waals surface area contributed by atoms with E-state index in [4.69, 9.17) is 0 Å². The van der Waals surface area contributed by atoms with Crippen molar-refractivity contribution in [1.29, 1.82) is 0 Å². The van der Waals surface area contributed by atoms with Crippen molar-refractivity contribution >= 4 is 17.7 Å². The highest BCUT2D eigenvalue weighted by Gasteiger charge is 2.59. The molecule has 4 rings (SSSR count). The second kappa shape index (κ2) is 5.73. The van der Waals surface area contributed by atoms with Gasteiger partial charge in [-0.15, -0.1) is 0 Å². The third-order valence-corrected chi connectivity index (χ3v) is 6.00. The maximum atomic E-state index is 12.3. The van der Waals surface area contributed by atoms with Gasteiger partial charge in [-0.05, 0) is 34.8 Å². The number of nitrogens with zero attached hydrogens (tertiary/aromatic N) is 1. The quantitative estimate of drug-likeness (QED) is 0.891. The van der Waals surface area contributed by atoms with Crippen LogP contribution >= 0.6 is 0 Å². The lowest BCUT2D eigenvalue weighted by Gasteiger charge is -2.40. The highest BCUT2D eigenvalue weighted by molar-refractivity contribution is 5.91. The molecule has 0 bridgehead atoms. The highest BCUT2D eigenvalue weighted by atomic mass is 16.2. The van der Waals surface area contributed by atoms with Gasteiger partial charge in [0.1, 0.15) is 5.66 Å². The van der Waals surface area contributed by atoms with E-state index in [1.54, 1.807) is 0 Å². The Morgan fingerprint density at radius 3 is 2.46 bits per heavy atom. The van der Waals surface area contributed by atoms with Crippen LogP contribution < -0.4 is 10.2 Å². The molecule has 0 unspecified atom stereocenters. The second-order valence-electron chi connectivity index (χ2n) is 8.20. The molecule has 2 aromatic rings. The zero-order chi connectivity index (χ0) is 18.5. The Hall–Kier alpha value is -2.55. The molecule has 134 valence electrons. The Kier molecular flexibility index (Phi) is 3.72. The van der Waals surface area contributed by atoms with Gasteiger partial charge in [-0.25, -0.2) is 0 Å². The molecule has 2 aliphatic heterocycles. The third-order valence-electron chi connectivity index (χ3n) is 6.00. The molecule has 1 fully saturated rings. The first kappa shape index (κ1) is 16.9. The van der Waals surface area contributed by atoms with E-state index in [-0.39, 0.29) is 11.3 Å². The summed E-state index contributed by atoms with van der Waals surface area (Å²) in [6.45, 7) is 9.23. The third kappa shape index (κ3) is 2.30. The van der Waals surface area contributed by atoms with E-state index in [2.05, 4.69) is 92.5 Å². The van der Waals surface area contributed by atoms with Crippen molar-refractivity contribution in [2.75, 3.05) is 11.4 Å². The smallest absolute Gasteiger partial charge is 0.241 e. The highest BCUT2D eigenvalue weighted by Crippen LogP contribution is 2.52. The van der Waals surface area contributed by atoms with E-state index >= 15 is 0 Å². The van der Waals surface area contributed by atoms with Crippen LogP contribution in [-0.2, 0) is 10.2 Å². The molecule has 3 heteroatoms. The number of carbonyl (C=O) groups is 1. The van der Waals surface area contributed by atoms with Crippen LogP contribution in [-0.4, -0.2) is 18.1 Å². The molecule has 0 radical (unpaired) electrons. The van der Waals surface area contributed by atoms with Gasteiger partial charge < -0.3 is 10.2 Å². The molecule has 2 aliphatic rings. The van der Waals surface area contributed by atoms with Crippen LogP contribution in [0.25, 0.3) is 6.08 Å². The van der Waals surface area contributed by atoms with E-state index in [1.165, 1.54) is 11.1 Å². The van der Waals surface area contributed by atoms with Gasteiger partial charge in [0, 0.05) is 11.1 Å². The fourth-order valence-corrected chi connectivity index (χ4v) is 4.35. The van der Waals surface area contributed by atoms with Crippen molar-refractivity contribution in [3.63, 3.8) is 0 Å². The molecule has 26 heavy (non-hydrogen) atoms. The average molecular weight is 346 g/mol.